The van der Waals surface area contributed by atoms with E-state index in [-0.39, 0.29) is 6.10 Å². The molecule has 0 bridgehead atoms. The zero-order valence-electron chi connectivity index (χ0n) is 16.7. The maximum atomic E-state index is 5.90. The lowest BCUT2D eigenvalue weighted by Gasteiger charge is -2.13. The molecule has 0 fully saturated rings. The van der Waals surface area contributed by atoms with Gasteiger partial charge >= 0.3 is 0 Å². The second-order valence-electron chi connectivity index (χ2n) is 6.29. The van der Waals surface area contributed by atoms with Gasteiger partial charge in [0.1, 0.15) is 0 Å². The van der Waals surface area contributed by atoms with Gasteiger partial charge in [0.25, 0.3) is 0 Å². The minimum atomic E-state index is 0.118. The highest BCUT2D eigenvalue weighted by Gasteiger charge is 2.04. The molecular weight excluding hydrogens is 356 g/mol. The van der Waals surface area contributed by atoms with Gasteiger partial charge in [-0.25, -0.2) is 4.98 Å². The lowest BCUT2D eigenvalue weighted by molar-refractivity contribution is 0.0652. The van der Waals surface area contributed by atoms with E-state index in [1.54, 1.807) is 11.3 Å². The van der Waals surface area contributed by atoms with E-state index in [1.165, 1.54) is 15.4 Å². The number of aryl methyl sites for hydroxylation is 1. The number of nitrogens with one attached hydrogen (secondary N) is 2. The normalized spacial score (nSPS) is 12.8. The van der Waals surface area contributed by atoms with Crippen LogP contribution in [0, 0.1) is 0 Å². The van der Waals surface area contributed by atoms with Crippen molar-refractivity contribution in [3.63, 3.8) is 0 Å². The summed E-state index contributed by atoms with van der Waals surface area (Å²) >= 11 is 1.80. The zero-order chi connectivity index (χ0) is 19.3. The third kappa shape index (κ3) is 8.10. The minimum absolute atomic E-state index is 0.118. The van der Waals surface area contributed by atoms with Crippen LogP contribution in [0.15, 0.2) is 41.5 Å². The van der Waals surface area contributed by atoms with Crippen molar-refractivity contribution >= 4 is 17.3 Å². The molecule has 6 heteroatoms. The second kappa shape index (κ2) is 12.5. The van der Waals surface area contributed by atoms with Crippen LogP contribution in [-0.4, -0.2) is 37.2 Å². The molecule has 5 nitrogen and oxygen atoms in total. The molecule has 2 N–H and O–H groups in total. The summed E-state index contributed by atoms with van der Waals surface area (Å²) in [5, 5.41) is 7.86. The zero-order valence-corrected chi connectivity index (χ0v) is 17.5. The molecular formula is C21H32N4OS. The highest BCUT2D eigenvalue weighted by molar-refractivity contribution is 7.11. The predicted molar refractivity (Wildman–Crippen MR) is 115 cm³/mol. The number of aliphatic imine (C=N–C) groups is 1. The summed E-state index contributed by atoms with van der Waals surface area (Å²) in [4.78, 5) is 10.4. The highest BCUT2D eigenvalue weighted by atomic mass is 32.1. The molecule has 1 heterocycles. The molecule has 0 aliphatic rings. The van der Waals surface area contributed by atoms with E-state index in [0.29, 0.717) is 6.61 Å². The Kier molecular flexibility index (Phi) is 9.87. The summed E-state index contributed by atoms with van der Waals surface area (Å²) in [6, 6.07) is 10.3. The minimum Gasteiger partial charge on any atom is -0.374 e. The molecule has 2 rings (SSSR count). The number of rotatable bonds is 11. The summed E-state index contributed by atoms with van der Waals surface area (Å²) in [5.41, 5.74) is 1.21. The first-order valence-corrected chi connectivity index (χ1v) is 10.7. The van der Waals surface area contributed by atoms with Gasteiger partial charge < -0.3 is 15.4 Å². The van der Waals surface area contributed by atoms with E-state index in [2.05, 4.69) is 53.5 Å². The number of hydrogen-bond donors (Lipinski definition) is 2. The van der Waals surface area contributed by atoms with E-state index in [1.807, 2.05) is 24.4 Å². The van der Waals surface area contributed by atoms with Crippen LogP contribution in [0.5, 0.6) is 0 Å². The fourth-order valence-corrected chi connectivity index (χ4v) is 3.45. The maximum absolute atomic E-state index is 5.90. The van der Waals surface area contributed by atoms with Crippen LogP contribution >= 0.6 is 11.3 Å². The number of guanidine groups is 1. The van der Waals surface area contributed by atoms with Crippen molar-refractivity contribution in [3.8, 4) is 0 Å². The van der Waals surface area contributed by atoms with Crippen LogP contribution in [0.2, 0.25) is 0 Å². The molecule has 0 spiro atoms. The molecule has 0 amide bonds. The van der Waals surface area contributed by atoms with Crippen molar-refractivity contribution in [1.82, 2.24) is 15.6 Å². The van der Waals surface area contributed by atoms with E-state index in [4.69, 9.17) is 4.74 Å². The summed E-state index contributed by atoms with van der Waals surface area (Å²) in [6.07, 6.45) is 4.98. The van der Waals surface area contributed by atoms with Crippen molar-refractivity contribution in [2.75, 3.05) is 26.2 Å². The SMILES string of the molecule is CCNC(=NCCCOC(C)c1ccccc1)NCCc1ncc(CC)s1. The van der Waals surface area contributed by atoms with Gasteiger partial charge in [-0.2, -0.15) is 0 Å². The molecule has 1 unspecified atom stereocenters. The van der Waals surface area contributed by atoms with Crippen LogP contribution in [0.25, 0.3) is 0 Å². The Labute approximate surface area is 167 Å². The molecule has 0 saturated carbocycles. The van der Waals surface area contributed by atoms with Gasteiger partial charge in [-0.15, -0.1) is 11.3 Å². The van der Waals surface area contributed by atoms with Crippen LogP contribution in [-0.2, 0) is 17.6 Å². The Morgan fingerprint density at radius 1 is 1.22 bits per heavy atom. The Morgan fingerprint density at radius 2 is 2.04 bits per heavy atom. The summed E-state index contributed by atoms with van der Waals surface area (Å²) in [5.74, 6) is 0.862. The standard InChI is InChI=1S/C21H32N4OS/c1-4-19-16-25-20(27-19)12-14-24-21(22-5-2)23-13-9-15-26-17(3)18-10-7-6-8-11-18/h6-8,10-11,16-17H,4-5,9,12-15H2,1-3H3,(H2,22,23,24). The molecule has 2 aromatic rings. The van der Waals surface area contributed by atoms with Crippen LogP contribution in [0.3, 0.4) is 0 Å². The van der Waals surface area contributed by atoms with E-state index >= 15 is 0 Å². The van der Waals surface area contributed by atoms with Gasteiger partial charge in [0.15, 0.2) is 5.96 Å². The summed E-state index contributed by atoms with van der Waals surface area (Å²) in [7, 11) is 0. The number of benzene rings is 1. The van der Waals surface area contributed by atoms with Gasteiger partial charge in [-0.05, 0) is 32.3 Å². The van der Waals surface area contributed by atoms with Gasteiger partial charge in [-0.3, -0.25) is 4.99 Å². The van der Waals surface area contributed by atoms with Crippen molar-refractivity contribution in [3.05, 3.63) is 52.0 Å². The van der Waals surface area contributed by atoms with Crippen molar-refractivity contribution < 1.29 is 4.74 Å². The van der Waals surface area contributed by atoms with Gasteiger partial charge in [0.2, 0.25) is 0 Å². The Bertz CT molecular complexity index is 672. The molecule has 0 radical (unpaired) electrons. The van der Waals surface area contributed by atoms with Crippen molar-refractivity contribution in [2.45, 2.75) is 46.1 Å². The first-order chi connectivity index (χ1) is 13.2. The van der Waals surface area contributed by atoms with Crippen LogP contribution < -0.4 is 10.6 Å². The smallest absolute Gasteiger partial charge is 0.191 e. The number of thiazole rings is 1. The third-order valence-corrected chi connectivity index (χ3v) is 5.34. The second-order valence-corrected chi connectivity index (χ2v) is 7.49. The fraction of sp³-hybridized carbons (Fsp3) is 0.524. The fourth-order valence-electron chi connectivity index (χ4n) is 2.59. The molecule has 1 aromatic heterocycles. The number of aromatic nitrogens is 1. The average molecular weight is 389 g/mol. The van der Waals surface area contributed by atoms with Crippen molar-refractivity contribution in [2.24, 2.45) is 4.99 Å². The molecule has 1 aromatic carbocycles. The largest absolute Gasteiger partial charge is 0.374 e. The van der Waals surface area contributed by atoms with Crippen LogP contribution in [0.1, 0.15) is 48.7 Å². The van der Waals surface area contributed by atoms with E-state index < -0.39 is 0 Å². The lowest BCUT2D eigenvalue weighted by atomic mass is 10.1. The summed E-state index contributed by atoms with van der Waals surface area (Å²) in [6.45, 7) is 9.47. The Hall–Kier alpha value is -1.92. The van der Waals surface area contributed by atoms with E-state index in [0.717, 1.165) is 44.9 Å². The van der Waals surface area contributed by atoms with Crippen molar-refractivity contribution in [1.29, 1.82) is 0 Å². The van der Waals surface area contributed by atoms with Gasteiger partial charge in [-0.1, -0.05) is 37.3 Å². The number of hydrogen-bond acceptors (Lipinski definition) is 4. The molecule has 148 valence electrons. The molecule has 1 atom stereocenters. The van der Waals surface area contributed by atoms with E-state index in [9.17, 15) is 0 Å². The Morgan fingerprint density at radius 3 is 2.74 bits per heavy atom. The number of ether oxygens (including phenoxy) is 1. The molecule has 27 heavy (non-hydrogen) atoms. The molecule has 0 aliphatic heterocycles. The third-order valence-electron chi connectivity index (χ3n) is 4.13. The lowest BCUT2D eigenvalue weighted by Crippen LogP contribution is -2.38. The van der Waals surface area contributed by atoms with Gasteiger partial charge in [0, 0.05) is 43.7 Å². The predicted octanol–water partition coefficient (Wildman–Crippen LogP) is 3.97. The van der Waals surface area contributed by atoms with Gasteiger partial charge in [0.05, 0.1) is 11.1 Å². The van der Waals surface area contributed by atoms with Crippen LogP contribution in [0.4, 0.5) is 0 Å². The Balaban J connectivity index is 1.66. The first-order valence-electron chi connectivity index (χ1n) is 9.85. The quantitative estimate of drug-likeness (QED) is 0.347. The highest BCUT2D eigenvalue weighted by Crippen LogP contribution is 2.16. The topological polar surface area (TPSA) is 58.5 Å². The number of nitrogens with zero attached hydrogens (tertiary/aromatic N) is 2. The molecule has 0 aliphatic carbocycles. The monoisotopic (exact) mass is 388 g/mol. The molecule has 0 saturated heterocycles. The maximum Gasteiger partial charge on any atom is 0.191 e. The first kappa shape index (κ1) is 21.4. The average Bonchev–Trinajstić information content (AvgIpc) is 3.16. The summed E-state index contributed by atoms with van der Waals surface area (Å²) < 4.78 is 5.90.